The van der Waals surface area contributed by atoms with E-state index in [-0.39, 0.29) is 76.4 Å². The lowest BCUT2D eigenvalue weighted by molar-refractivity contribution is -0.144. The molecule has 5 aromatic rings. The molecule has 0 radical (unpaired) electrons. The monoisotopic (exact) mass is 1030 g/mol. The van der Waals surface area contributed by atoms with Crippen LogP contribution in [0.25, 0.3) is 21.8 Å². The van der Waals surface area contributed by atoms with Crippen molar-refractivity contribution in [3.8, 4) is 27.6 Å². The fourth-order valence-electron chi connectivity index (χ4n) is 7.54. The number of thiazole rings is 1. The quantitative estimate of drug-likeness (QED) is 0.0433. The maximum atomic E-state index is 13.9. The highest BCUT2D eigenvalue weighted by atomic mass is 32.1. The van der Waals surface area contributed by atoms with Crippen LogP contribution in [0, 0.1) is 12.3 Å². The molecular formula is C48H61N13O11S. The Morgan fingerprint density at radius 2 is 1.60 bits per heavy atom. The molecular weight excluding hydrogens is 967 g/mol. The molecule has 0 spiro atoms. The number of para-hydroxylation sites is 1. The topological polar surface area (TPSA) is 304 Å². The zero-order valence-electron chi connectivity index (χ0n) is 41.6. The third kappa shape index (κ3) is 15.3. The van der Waals surface area contributed by atoms with Gasteiger partial charge in [0.15, 0.2) is 23.1 Å². The van der Waals surface area contributed by atoms with Crippen molar-refractivity contribution in [3.05, 3.63) is 77.3 Å². The van der Waals surface area contributed by atoms with E-state index in [1.807, 2.05) is 31.2 Å². The summed E-state index contributed by atoms with van der Waals surface area (Å²) in [6, 6.07) is 12.5. The summed E-state index contributed by atoms with van der Waals surface area (Å²) in [6.45, 7) is 6.58. The van der Waals surface area contributed by atoms with Crippen LogP contribution in [-0.4, -0.2) is 160 Å². The van der Waals surface area contributed by atoms with Crippen molar-refractivity contribution in [2.45, 2.75) is 58.8 Å². The number of likely N-dealkylation sites (tertiary alicyclic amines) is 1. The fraction of sp³-hybridized carbons (Fsp3) is 0.438. The first kappa shape index (κ1) is 54.9. The number of aliphatic hydroxyl groups excluding tert-OH is 1. The number of aliphatic hydroxyl groups is 1. The number of aryl methyl sites for hydroxylation is 2. The minimum atomic E-state index is -1.02. The minimum Gasteiger partial charge on any atom is -0.494 e. The second-order valence-electron chi connectivity index (χ2n) is 17.8. The Hall–Kier alpha value is -7.45. The van der Waals surface area contributed by atoms with Gasteiger partial charge in [-0.2, -0.15) is 5.10 Å². The Morgan fingerprint density at radius 1 is 0.890 bits per heavy atom. The molecule has 0 bridgehead atoms. The van der Waals surface area contributed by atoms with Crippen LogP contribution >= 0.6 is 11.3 Å². The van der Waals surface area contributed by atoms with Gasteiger partial charge in [0.2, 0.25) is 29.5 Å². The summed E-state index contributed by atoms with van der Waals surface area (Å²) in [6.07, 6.45) is 0.699. The minimum absolute atomic E-state index is 0.00852. The lowest BCUT2D eigenvalue weighted by Crippen LogP contribution is -2.58. The molecule has 6 amide bonds. The number of β-amino-alcohol motifs (C(OH)–C–C–N with tert-alkyl or cyclic N) is 1. The molecule has 3 aromatic heterocycles. The van der Waals surface area contributed by atoms with Crippen molar-refractivity contribution in [2.75, 3.05) is 77.5 Å². The zero-order chi connectivity index (χ0) is 52.7. The SMILES string of the molecule is CNC(=O)c1nnc(NC(=O)CNC(=O)COCCOCCOCC(=O)N[C@H](C(=O)N2C[C@H](O)C[C@H]2C(=O)NCc2ccc(-c3scnc3C)cc2)C(C)(C)C)cc1Nc1cccc(-c2ncn(C)n2)c1OC. The molecule has 390 valence electrons. The normalized spacial score (nSPS) is 14.8. The summed E-state index contributed by atoms with van der Waals surface area (Å²) in [7, 11) is 4.65. The molecule has 1 aliphatic rings. The average Bonchev–Trinajstić information content (AvgIpc) is 4.12. The number of amides is 6. The molecule has 73 heavy (non-hydrogen) atoms. The molecule has 1 fully saturated rings. The Kier molecular flexibility index (Phi) is 19.4. The van der Waals surface area contributed by atoms with Crippen LogP contribution in [0.5, 0.6) is 5.75 Å². The highest BCUT2D eigenvalue weighted by Crippen LogP contribution is 2.37. The first-order valence-electron chi connectivity index (χ1n) is 23.2. The number of nitrogens with one attached hydrogen (secondary N) is 6. The summed E-state index contributed by atoms with van der Waals surface area (Å²) in [5.74, 6) is -2.40. The van der Waals surface area contributed by atoms with E-state index >= 15 is 0 Å². The van der Waals surface area contributed by atoms with Gasteiger partial charge in [0, 0.05) is 39.7 Å². The highest BCUT2D eigenvalue weighted by molar-refractivity contribution is 7.13. The van der Waals surface area contributed by atoms with Crippen LogP contribution in [-0.2, 0) is 51.8 Å². The Balaban J connectivity index is 0.866. The van der Waals surface area contributed by atoms with Crippen molar-refractivity contribution in [1.29, 1.82) is 0 Å². The molecule has 7 N–H and O–H groups in total. The number of nitrogens with zero attached hydrogens (tertiary/aromatic N) is 7. The number of benzene rings is 2. The van der Waals surface area contributed by atoms with Crippen molar-refractivity contribution in [1.82, 2.24) is 56.1 Å². The predicted octanol–water partition coefficient (Wildman–Crippen LogP) is 1.73. The van der Waals surface area contributed by atoms with Crippen molar-refractivity contribution < 1.29 is 52.8 Å². The molecule has 1 aliphatic heterocycles. The molecule has 1 saturated heterocycles. The number of hydrogen-bond donors (Lipinski definition) is 7. The summed E-state index contributed by atoms with van der Waals surface area (Å²) in [5.41, 5.74) is 5.05. The van der Waals surface area contributed by atoms with Gasteiger partial charge in [0.25, 0.3) is 5.91 Å². The van der Waals surface area contributed by atoms with Crippen LogP contribution in [0.3, 0.4) is 0 Å². The third-order valence-electron chi connectivity index (χ3n) is 11.2. The average molecular weight is 1030 g/mol. The number of aromatic nitrogens is 6. The number of rotatable bonds is 24. The van der Waals surface area contributed by atoms with Gasteiger partial charge in [-0.25, -0.2) is 9.97 Å². The lowest BCUT2D eigenvalue weighted by Gasteiger charge is -2.35. The second-order valence-corrected chi connectivity index (χ2v) is 18.7. The largest absolute Gasteiger partial charge is 0.494 e. The number of carbonyl (C=O) groups is 6. The van der Waals surface area contributed by atoms with Crippen LogP contribution < -0.4 is 36.6 Å². The van der Waals surface area contributed by atoms with Gasteiger partial charge in [-0.15, -0.1) is 21.5 Å². The maximum Gasteiger partial charge on any atom is 0.273 e. The number of ether oxygens (including phenoxy) is 4. The van der Waals surface area contributed by atoms with E-state index in [1.54, 1.807) is 73.9 Å². The summed E-state index contributed by atoms with van der Waals surface area (Å²) < 4.78 is 23.5. The van der Waals surface area contributed by atoms with Crippen LogP contribution in [0.2, 0.25) is 0 Å². The molecule has 2 aromatic carbocycles. The van der Waals surface area contributed by atoms with Crippen molar-refractivity contribution >= 4 is 64.0 Å². The van der Waals surface area contributed by atoms with E-state index < -0.39 is 65.6 Å². The number of hydrogen-bond acceptors (Lipinski definition) is 18. The van der Waals surface area contributed by atoms with Crippen LogP contribution in [0.1, 0.15) is 48.9 Å². The molecule has 0 aliphatic carbocycles. The van der Waals surface area contributed by atoms with Crippen LogP contribution in [0.15, 0.2) is 60.4 Å². The third-order valence-corrected chi connectivity index (χ3v) is 12.2. The van der Waals surface area contributed by atoms with E-state index in [1.165, 1.54) is 25.1 Å². The number of methoxy groups -OCH3 is 1. The molecule has 0 saturated carbocycles. The summed E-state index contributed by atoms with van der Waals surface area (Å²) >= 11 is 1.55. The lowest BCUT2D eigenvalue weighted by atomic mass is 9.85. The van der Waals surface area contributed by atoms with Gasteiger partial charge in [0.05, 0.1) is 79.2 Å². The standard InChI is InChI=1S/C48H61N13O11S/c1-28-42(73-27-53-28)30-13-11-29(12-14-30)21-51-45(66)35-19-31(62)23-61(35)47(68)43(48(2,3)4)56-39(65)25-72-18-16-70-15-17-71-24-38(64)50-22-37(63)55-36-20-34(40(58-57-36)46(67)49-5)54-33-10-8-9-32(41(33)69-7)44-52-26-60(6)59-44/h8-14,20,26-27,31,35,43,62H,15-19,21-25H2,1-7H3,(H,49,67)(H,50,64)(H,51,66)(H,56,65)(H2,54,55,57,63)/t31-,35+,43-/m1/s1. The summed E-state index contributed by atoms with van der Waals surface area (Å²) in [5, 5.41) is 39.1. The highest BCUT2D eigenvalue weighted by Gasteiger charge is 2.44. The molecule has 3 atom stereocenters. The Morgan fingerprint density at radius 3 is 2.25 bits per heavy atom. The van der Waals surface area contributed by atoms with E-state index in [0.29, 0.717) is 22.8 Å². The van der Waals surface area contributed by atoms with Crippen molar-refractivity contribution in [2.24, 2.45) is 12.5 Å². The Labute approximate surface area is 425 Å². The van der Waals surface area contributed by atoms with Gasteiger partial charge in [0.1, 0.15) is 31.6 Å². The van der Waals surface area contributed by atoms with Crippen molar-refractivity contribution in [3.63, 3.8) is 0 Å². The molecule has 24 nitrogen and oxygen atoms in total. The number of carbonyl (C=O) groups excluding carboxylic acids is 6. The van der Waals surface area contributed by atoms with Gasteiger partial charge in [-0.1, -0.05) is 51.1 Å². The smallest absolute Gasteiger partial charge is 0.273 e. The first-order valence-corrected chi connectivity index (χ1v) is 24.1. The summed E-state index contributed by atoms with van der Waals surface area (Å²) in [4.78, 5) is 89.2. The first-order chi connectivity index (χ1) is 34.9. The Bertz CT molecular complexity index is 2730. The van der Waals surface area contributed by atoms with E-state index in [2.05, 4.69) is 57.2 Å². The molecule has 4 heterocycles. The maximum absolute atomic E-state index is 13.9. The second kappa shape index (κ2) is 25.8. The fourth-order valence-corrected chi connectivity index (χ4v) is 8.35. The van der Waals surface area contributed by atoms with E-state index in [0.717, 1.165) is 21.7 Å². The van der Waals surface area contributed by atoms with E-state index in [4.69, 9.17) is 18.9 Å². The van der Waals surface area contributed by atoms with Gasteiger partial charge < -0.3 is 60.9 Å². The van der Waals surface area contributed by atoms with E-state index in [9.17, 15) is 33.9 Å². The van der Waals surface area contributed by atoms with Gasteiger partial charge in [-0.05, 0) is 35.6 Å². The molecule has 25 heteroatoms. The van der Waals surface area contributed by atoms with Gasteiger partial charge >= 0.3 is 0 Å². The van der Waals surface area contributed by atoms with Gasteiger partial charge in [-0.3, -0.25) is 33.4 Å². The zero-order valence-corrected chi connectivity index (χ0v) is 42.5. The molecule has 0 unspecified atom stereocenters. The molecule has 6 rings (SSSR count). The van der Waals surface area contributed by atoms with Crippen LogP contribution in [0.4, 0.5) is 17.2 Å². The number of anilines is 3. The predicted molar refractivity (Wildman–Crippen MR) is 267 cm³/mol.